The largest absolute Gasteiger partial charge is 0.392 e. The lowest BCUT2D eigenvalue weighted by atomic mass is 9.65. The molecule has 1 aliphatic rings. The molecule has 1 aromatic carbocycles. The molecular formula is C16H25NO. The number of aryl methyl sites for hydroxylation is 1. The first-order chi connectivity index (χ1) is 8.60. The molecule has 1 aromatic rings. The van der Waals surface area contributed by atoms with Crippen LogP contribution in [-0.2, 0) is 11.8 Å². The average molecular weight is 247 g/mol. The second kappa shape index (κ2) is 5.41. The summed E-state index contributed by atoms with van der Waals surface area (Å²) < 4.78 is 0. The van der Waals surface area contributed by atoms with Gasteiger partial charge in [-0.2, -0.15) is 0 Å². The van der Waals surface area contributed by atoms with E-state index in [1.165, 1.54) is 11.1 Å². The van der Waals surface area contributed by atoms with Crippen molar-refractivity contribution in [1.82, 2.24) is 0 Å². The highest BCUT2D eigenvalue weighted by atomic mass is 16.3. The van der Waals surface area contributed by atoms with Gasteiger partial charge in [-0.05, 0) is 42.7 Å². The molecule has 100 valence electrons. The lowest BCUT2D eigenvalue weighted by Gasteiger charge is -2.42. The smallest absolute Gasteiger partial charge is 0.0651 e. The number of fused-ring (bicyclic) bond motifs is 1. The Morgan fingerprint density at radius 2 is 2.06 bits per heavy atom. The van der Waals surface area contributed by atoms with Crippen LogP contribution in [-0.4, -0.2) is 17.8 Å². The van der Waals surface area contributed by atoms with Gasteiger partial charge in [-0.1, -0.05) is 38.1 Å². The minimum Gasteiger partial charge on any atom is -0.392 e. The van der Waals surface area contributed by atoms with E-state index in [1.807, 2.05) is 0 Å². The molecule has 0 spiro atoms. The summed E-state index contributed by atoms with van der Waals surface area (Å²) in [5.41, 5.74) is 8.50. The molecule has 0 bridgehead atoms. The second-order valence-corrected chi connectivity index (χ2v) is 6.02. The number of hydrogen-bond acceptors (Lipinski definition) is 2. The Balaban J connectivity index is 2.39. The lowest BCUT2D eigenvalue weighted by molar-refractivity contribution is 0.0543. The SMILES string of the molecule is CC(C)CC(O)C1(CN)CCCc2ccccc21. The number of benzene rings is 1. The Hall–Kier alpha value is -0.860. The van der Waals surface area contributed by atoms with Gasteiger partial charge in [-0.25, -0.2) is 0 Å². The van der Waals surface area contributed by atoms with Gasteiger partial charge in [0.1, 0.15) is 0 Å². The predicted octanol–water partition coefficient (Wildman–Crippen LogP) is 2.63. The van der Waals surface area contributed by atoms with Gasteiger partial charge in [0.05, 0.1) is 6.10 Å². The molecule has 2 unspecified atom stereocenters. The van der Waals surface area contributed by atoms with E-state index in [-0.39, 0.29) is 11.5 Å². The molecule has 0 aliphatic heterocycles. The summed E-state index contributed by atoms with van der Waals surface area (Å²) in [7, 11) is 0. The van der Waals surface area contributed by atoms with Crippen molar-refractivity contribution >= 4 is 0 Å². The van der Waals surface area contributed by atoms with Gasteiger partial charge >= 0.3 is 0 Å². The highest BCUT2D eigenvalue weighted by Crippen LogP contribution is 2.41. The van der Waals surface area contributed by atoms with Crippen LogP contribution in [0, 0.1) is 5.92 Å². The van der Waals surface area contributed by atoms with E-state index >= 15 is 0 Å². The number of aliphatic hydroxyl groups excluding tert-OH is 1. The van der Waals surface area contributed by atoms with Gasteiger partial charge in [0, 0.05) is 12.0 Å². The Labute approximate surface area is 110 Å². The number of hydrogen-bond donors (Lipinski definition) is 2. The maximum absolute atomic E-state index is 10.7. The summed E-state index contributed by atoms with van der Waals surface area (Å²) in [6, 6.07) is 8.49. The van der Waals surface area contributed by atoms with Crippen LogP contribution < -0.4 is 5.73 Å². The first-order valence-corrected chi connectivity index (χ1v) is 7.06. The van der Waals surface area contributed by atoms with E-state index < -0.39 is 0 Å². The molecule has 0 amide bonds. The van der Waals surface area contributed by atoms with Crippen molar-refractivity contribution in [2.45, 2.75) is 51.0 Å². The Bertz CT molecular complexity index is 402. The van der Waals surface area contributed by atoms with Crippen LogP contribution in [0.3, 0.4) is 0 Å². The van der Waals surface area contributed by atoms with Crippen LogP contribution in [0.5, 0.6) is 0 Å². The van der Waals surface area contributed by atoms with Gasteiger partial charge < -0.3 is 10.8 Å². The summed E-state index contributed by atoms with van der Waals surface area (Å²) in [6.07, 6.45) is 3.75. The lowest BCUT2D eigenvalue weighted by Crippen LogP contribution is -2.48. The normalized spacial score (nSPS) is 24.9. The van der Waals surface area contributed by atoms with Crippen LogP contribution in [0.1, 0.15) is 44.2 Å². The molecular weight excluding hydrogens is 222 g/mol. The fourth-order valence-corrected chi connectivity index (χ4v) is 3.32. The van der Waals surface area contributed by atoms with E-state index in [0.29, 0.717) is 12.5 Å². The van der Waals surface area contributed by atoms with Gasteiger partial charge in [-0.3, -0.25) is 0 Å². The third-order valence-electron chi connectivity index (χ3n) is 4.32. The fourth-order valence-electron chi connectivity index (χ4n) is 3.32. The molecule has 1 aliphatic carbocycles. The summed E-state index contributed by atoms with van der Waals surface area (Å²) in [4.78, 5) is 0. The molecule has 0 heterocycles. The summed E-state index contributed by atoms with van der Waals surface area (Å²) in [5.74, 6) is 0.498. The number of nitrogens with two attached hydrogens (primary N) is 1. The molecule has 2 rings (SSSR count). The van der Waals surface area contributed by atoms with Crippen molar-refractivity contribution in [1.29, 1.82) is 0 Å². The summed E-state index contributed by atoms with van der Waals surface area (Å²) in [6.45, 7) is 4.85. The molecule has 0 saturated heterocycles. The van der Waals surface area contributed by atoms with Gasteiger partial charge in [-0.15, -0.1) is 0 Å². The molecule has 0 aromatic heterocycles. The van der Waals surface area contributed by atoms with Crippen molar-refractivity contribution in [3.05, 3.63) is 35.4 Å². The van der Waals surface area contributed by atoms with Crippen LogP contribution in [0.2, 0.25) is 0 Å². The van der Waals surface area contributed by atoms with Crippen molar-refractivity contribution in [3.63, 3.8) is 0 Å². The molecule has 2 heteroatoms. The topological polar surface area (TPSA) is 46.2 Å². The third kappa shape index (κ3) is 2.32. The monoisotopic (exact) mass is 247 g/mol. The van der Waals surface area contributed by atoms with Crippen LogP contribution >= 0.6 is 0 Å². The van der Waals surface area contributed by atoms with E-state index in [0.717, 1.165) is 25.7 Å². The molecule has 2 nitrogen and oxygen atoms in total. The predicted molar refractivity (Wildman–Crippen MR) is 75.6 cm³/mol. The van der Waals surface area contributed by atoms with Crippen LogP contribution in [0.4, 0.5) is 0 Å². The Morgan fingerprint density at radius 3 is 2.72 bits per heavy atom. The maximum Gasteiger partial charge on any atom is 0.0651 e. The van der Waals surface area contributed by atoms with Gasteiger partial charge in [0.2, 0.25) is 0 Å². The van der Waals surface area contributed by atoms with E-state index in [4.69, 9.17) is 5.73 Å². The van der Waals surface area contributed by atoms with Gasteiger partial charge in [0.15, 0.2) is 0 Å². The van der Waals surface area contributed by atoms with Crippen LogP contribution in [0.25, 0.3) is 0 Å². The minimum absolute atomic E-state index is 0.223. The minimum atomic E-state index is -0.330. The standard InChI is InChI=1S/C16H25NO/c1-12(2)10-15(18)16(11-17)9-5-7-13-6-3-4-8-14(13)16/h3-4,6,8,12,15,18H,5,7,9-11,17H2,1-2H3. The molecule has 3 N–H and O–H groups in total. The van der Waals surface area contributed by atoms with E-state index in [1.54, 1.807) is 0 Å². The summed E-state index contributed by atoms with van der Waals surface area (Å²) >= 11 is 0. The fraction of sp³-hybridized carbons (Fsp3) is 0.625. The maximum atomic E-state index is 10.7. The van der Waals surface area contributed by atoms with Crippen molar-refractivity contribution in [2.75, 3.05) is 6.54 Å². The quantitative estimate of drug-likeness (QED) is 0.859. The number of aliphatic hydroxyl groups is 1. The number of rotatable bonds is 4. The first-order valence-electron chi connectivity index (χ1n) is 7.06. The highest BCUT2D eigenvalue weighted by Gasteiger charge is 2.41. The Kier molecular flexibility index (Phi) is 4.08. The first kappa shape index (κ1) is 13.6. The molecule has 2 atom stereocenters. The molecule has 0 radical (unpaired) electrons. The zero-order valence-electron chi connectivity index (χ0n) is 11.5. The third-order valence-corrected chi connectivity index (χ3v) is 4.32. The average Bonchev–Trinajstić information content (AvgIpc) is 2.37. The summed E-state index contributed by atoms with van der Waals surface area (Å²) in [5, 5.41) is 10.7. The van der Waals surface area contributed by atoms with Crippen molar-refractivity contribution in [3.8, 4) is 0 Å². The molecule has 0 saturated carbocycles. The molecule has 0 fully saturated rings. The Morgan fingerprint density at radius 1 is 1.33 bits per heavy atom. The van der Waals surface area contributed by atoms with E-state index in [9.17, 15) is 5.11 Å². The van der Waals surface area contributed by atoms with Crippen molar-refractivity contribution < 1.29 is 5.11 Å². The molecule has 18 heavy (non-hydrogen) atoms. The zero-order valence-corrected chi connectivity index (χ0v) is 11.5. The van der Waals surface area contributed by atoms with E-state index in [2.05, 4.69) is 38.1 Å². The highest BCUT2D eigenvalue weighted by molar-refractivity contribution is 5.38. The van der Waals surface area contributed by atoms with Crippen LogP contribution in [0.15, 0.2) is 24.3 Å². The van der Waals surface area contributed by atoms with Crippen molar-refractivity contribution in [2.24, 2.45) is 11.7 Å². The van der Waals surface area contributed by atoms with Gasteiger partial charge in [0.25, 0.3) is 0 Å². The second-order valence-electron chi connectivity index (χ2n) is 6.02. The zero-order chi connectivity index (χ0) is 13.2.